The fraction of sp³-hybridized carbons (Fsp3) is 0.190. The SMILES string of the molecule is NCCNc1nc(SCc2cn(CCOCCNC(=O)c3ccc(-c4csc(N5N=C(c6ccccc6)C(=NNc6nccs6)C5=O)n4)cc3)nn2)nc2c1nnn2Cc1ccc(Cl)cc1. The van der Waals surface area contributed by atoms with E-state index < -0.39 is 5.91 Å². The zero-order valence-electron chi connectivity index (χ0n) is 34.7. The predicted octanol–water partition coefficient (Wildman–Crippen LogP) is 5.42. The van der Waals surface area contributed by atoms with E-state index in [-0.39, 0.29) is 11.6 Å². The van der Waals surface area contributed by atoms with Gasteiger partial charge in [0.05, 0.1) is 37.7 Å². The summed E-state index contributed by atoms with van der Waals surface area (Å²) in [7, 11) is 0. The molecule has 1 aliphatic rings. The van der Waals surface area contributed by atoms with Gasteiger partial charge in [0.2, 0.25) is 10.3 Å². The summed E-state index contributed by atoms with van der Waals surface area (Å²) in [6.45, 7) is 2.87. The van der Waals surface area contributed by atoms with Crippen LogP contribution in [0.15, 0.2) is 117 Å². The maximum atomic E-state index is 13.6. The molecule has 9 rings (SSSR count). The number of carbonyl (C=O) groups is 2. The molecule has 0 unspecified atom stereocenters. The molecule has 0 bridgehead atoms. The van der Waals surface area contributed by atoms with Crippen LogP contribution in [0.25, 0.3) is 22.4 Å². The highest BCUT2D eigenvalue weighted by Gasteiger charge is 2.36. The van der Waals surface area contributed by atoms with E-state index in [2.05, 4.69) is 56.9 Å². The molecule has 8 aromatic rings. The molecule has 6 heterocycles. The first kappa shape index (κ1) is 44.2. The zero-order chi connectivity index (χ0) is 45.2. The van der Waals surface area contributed by atoms with Crippen LogP contribution in [0.3, 0.4) is 0 Å². The second-order valence-corrected chi connectivity index (χ2v) is 17.3. The molecule has 0 saturated heterocycles. The Balaban J connectivity index is 0.730. The van der Waals surface area contributed by atoms with Gasteiger partial charge in [-0.25, -0.2) is 29.3 Å². The van der Waals surface area contributed by atoms with Crippen LogP contribution in [-0.2, 0) is 28.4 Å². The molecule has 1 aliphatic heterocycles. The third kappa shape index (κ3) is 10.6. The van der Waals surface area contributed by atoms with Gasteiger partial charge in [0.15, 0.2) is 27.8 Å². The van der Waals surface area contributed by atoms with Crippen LogP contribution in [0, 0.1) is 0 Å². The minimum atomic E-state index is -0.421. The summed E-state index contributed by atoms with van der Waals surface area (Å²) in [5, 5.41) is 39.3. The molecule has 5 aromatic heterocycles. The van der Waals surface area contributed by atoms with Crippen molar-refractivity contribution in [2.75, 3.05) is 48.6 Å². The number of amides is 2. The minimum Gasteiger partial charge on any atom is -0.378 e. The third-order valence-electron chi connectivity index (χ3n) is 9.63. The number of rotatable bonds is 20. The van der Waals surface area contributed by atoms with Crippen LogP contribution >= 0.6 is 46.0 Å². The number of nitrogens with zero attached hydrogens (tertiary/aromatic N) is 13. The van der Waals surface area contributed by atoms with Crippen molar-refractivity contribution in [1.82, 2.24) is 55.2 Å². The topological polar surface area (TPSA) is 246 Å². The monoisotopic (exact) mass is 959 g/mol. The lowest BCUT2D eigenvalue weighted by molar-refractivity contribution is -0.112. The molecular formula is C42H38ClN17O3S3. The molecule has 2 amide bonds. The number of thioether (sulfide) groups is 1. The van der Waals surface area contributed by atoms with E-state index >= 15 is 0 Å². The van der Waals surface area contributed by atoms with Crippen LogP contribution in [0.4, 0.5) is 16.1 Å². The largest absolute Gasteiger partial charge is 0.378 e. The van der Waals surface area contributed by atoms with Gasteiger partial charge in [0.25, 0.3) is 5.91 Å². The number of carbonyl (C=O) groups excluding carboxylic acids is 2. The smallest absolute Gasteiger partial charge is 0.303 e. The lowest BCUT2D eigenvalue weighted by Gasteiger charge is -2.08. The molecule has 3 aromatic carbocycles. The summed E-state index contributed by atoms with van der Waals surface area (Å²) in [6, 6.07) is 24.0. The van der Waals surface area contributed by atoms with Gasteiger partial charge in [0, 0.05) is 70.3 Å². The number of hydrazone groups is 2. The normalized spacial score (nSPS) is 13.2. The average molecular weight is 961 g/mol. The van der Waals surface area contributed by atoms with Crippen molar-refractivity contribution in [3.63, 3.8) is 0 Å². The number of hydrogen-bond donors (Lipinski definition) is 4. The fourth-order valence-corrected chi connectivity index (χ4v) is 8.51. The van der Waals surface area contributed by atoms with E-state index in [0.717, 1.165) is 22.4 Å². The standard InChI is InChI=1S/C42H38ClN17O3S3/c43-30-12-6-26(7-13-30)22-59-37-35(53-57-59)36(45-15-14-44)49-41(50-37)65-24-31-23-58(56-51-31)18-20-63-19-16-46-38(61)29-10-8-27(9-11-29)32-25-66-42(48-32)60-39(62)34(52-54-40-47-17-21-64-40)33(55-60)28-4-2-1-3-5-28/h1-13,17,21,23,25H,14-16,18-20,22,24,44H2,(H,46,61)(H,47,54)(H,45,49,50). The lowest BCUT2D eigenvalue weighted by Crippen LogP contribution is -2.28. The van der Waals surface area contributed by atoms with Gasteiger partial charge in [0.1, 0.15) is 5.71 Å². The molecule has 0 fully saturated rings. The van der Waals surface area contributed by atoms with Crippen LogP contribution in [0.2, 0.25) is 5.02 Å². The second-order valence-electron chi connectivity index (χ2n) is 14.2. The first-order valence-electron chi connectivity index (χ1n) is 20.3. The average Bonchev–Trinajstić information content (AvgIpc) is 4.22. The molecule has 24 heteroatoms. The van der Waals surface area contributed by atoms with Crippen LogP contribution in [0.5, 0.6) is 0 Å². The molecule has 20 nitrogen and oxygen atoms in total. The predicted molar refractivity (Wildman–Crippen MR) is 255 cm³/mol. The number of nitrogens with one attached hydrogen (secondary N) is 3. The summed E-state index contributed by atoms with van der Waals surface area (Å²) in [6.07, 6.45) is 3.50. The Bertz CT molecular complexity index is 3000. The maximum Gasteiger partial charge on any atom is 0.303 e. The summed E-state index contributed by atoms with van der Waals surface area (Å²) in [5.74, 6) is 0.379. The van der Waals surface area contributed by atoms with Gasteiger partial charge in [-0.15, -0.1) is 32.9 Å². The van der Waals surface area contributed by atoms with Gasteiger partial charge < -0.3 is 21.1 Å². The van der Waals surface area contributed by atoms with E-state index in [4.69, 9.17) is 32.0 Å². The van der Waals surface area contributed by atoms with Gasteiger partial charge in [-0.3, -0.25) is 15.0 Å². The number of thiazole rings is 2. The minimum absolute atomic E-state index is 0.146. The number of fused-ring (bicyclic) bond motifs is 1. The lowest BCUT2D eigenvalue weighted by atomic mass is 10.1. The summed E-state index contributed by atoms with van der Waals surface area (Å²) in [5.41, 5.74) is 14.7. The van der Waals surface area contributed by atoms with Crippen molar-refractivity contribution in [1.29, 1.82) is 0 Å². The third-order valence-corrected chi connectivity index (χ3v) is 12.3. The van der Waals surface area contributed by atoms with E-state index in [1.165, 1.54) is 39.4 Å². The Kier molecular flexibility index (Phi) is 14.0. The van der Waals surface area contributed by atoms with Crippen molar-refractivity contribution >= 4 is 96.5 Å². The van der Waals surface area contributed by atoms with Crippen molar-refractivity contribution in [3.8, 4) is 11.3 Å². The molecule has 0 aliphatic carbocycles. The first-order chi connectivity index (χ1) is 32.4. The van der Waals surface area contributed by atoms with E-state index in [0.29, 0.717) is 106 Å². The highest BCUT2D eigenvalue weighted by atomic mass is 35.5. The van der Waals surface area contributed by atoms with E-state index in [1.807, 2.05) is 83.7 Å². The summed E-state index contributed by atoms with van der Waals surface area (Å²) in [4.78, 5) is 44.9. The highest BCUT2D eigenvalue weighted by molar-refractivity contribution is 7.98. The molecule has 5 N–H and O–H groups in total. The van der Waals surface area contributed by atoms with Crippen molar-refractivity contribution < 1.29 is 14.3 Å². The quantitative estimate of drug-likeness (QED) is 0.0322. The summed E-state index contributed by atoms with van der Waals surface area (Å²) >= 11 is 10.1. The van der Waals surface area contributed by atoms with E-state index in [1.54, 1.807) is 27.7 Å². The van der Waals surface area contributed by atoms with Crippen LogP contribution in [-0.4, -0.2) is 106 Å². The summed E-state index contributed by atoms with van der Waals surface area (Å²) < 4.78 is 9.21. The molecule has 0 radical (unpaired) electrons. The van der Waals surface area contributed by atoms with Crippen molar-refractivity contribution in [3.05, 3.63) is 129 Å². The number of halogens is 1. The Morgan fingerprint density at radius 2 is 1.77 bits per heavy atom. The van der Waals surface area contributed by atoms with Crippen molar-refractivity contribution in [2.45, 2.75) is 24.0 Å². The Hall–Kier alpha value is -7.02. The van der Waals surface area contributed by atoms with Gasteiger partial charge in [-0.05, 0) is 29.8 Å². The number of nitrogens with two attached hydrogens (primary N) is 1. The van der Waals surface area contributed by atoms with Crippen molar-refractivity contribution in [2.24, 2.45) is 15.9 Å². The molecular weight excluding hydrogens is 922 g/mol. The Morgan fingerprint density at radius 1 is 0.924 bits per heavy atom. The molecule has 0 spiro atoms. The Morgan fingerprint density at radius 3 is 2.58 bits per heavy atom. The fourth-order valence-electron chi connectivity index (χ4n) is 6.42. The van der Waals surface area contributed by atoms with Gasteiger partial charge in [-0.2, -0.15) is 15.2 Å². The zero-order valence-corrected chi connectivity index (χ0v) is 37.9. The number of anilines is 3. The second kappa shape index (κ2) is 20.9. The van der Waals surface area contributed by atoms with Gasteiger partial charge >= 0.3 is 5.91 Å². The van der Waals surface area contributed by atoms with Crippen LogP contribution in [0.1, 0.15) is 27.2 Å². The maximum absolute atomic E-state index is 13.6. The molecule has 0 atom stereocenters. The number of benzene rings is 3. The van der Waals surface area contributed by atoms with E-state index in [9.17, 15) is 9.59 Å². The molecule has 0 saturated carbocycles. The number of hydrogen-bond acceptors (Lipinski definition) is 19. The highest BCUT2D eigenvalue weighted by Crippen LogP contribution is 2.31. The molecule has 66 heavy (non-hydrogen) atoms. The van der Waals surface area contributed by atoms with Gasteiger partial charge in [-0.1, -0.05) is 88.4 Å². The Labute approximate surface area is 393 Å². The molecule has 334 valence electrons. The number of ether oxygens (including phenoxy) is 1. The first-order valence-corrected chi connectivity index (χ1v) is 23.5. The number of aromatic nitrogens is 10. The van der Waals surface area contributed by atoms with Crippen LogP contribution < -0.4 is 26.8 Å².